The zero-order valence-corrected chi connectivity index (χ0v) is 16.3. The molecule has 1 rings (SSSR count). The lowest BCUT2D eigenvalue weighted by atomic mass is 9.95. The number of rotatable bonds is 6. The zero-order valence-electron chi connectivity index (χ0n) is 16.3. The van der Waals surface area contributed by atoms with Crippen molar-refractivity contribution in [2.75, 3.05) is 13.1 Å². The summed E-state index contributed by atoms with van der Waals surface area (Å²) in [6.07, 6.45) is 4.24. The van der Waals surface area contributed by atoms with E-state index in [9.17, 15) is 4.79 Å². The van der Waals surface area contributed by atoms with Crippen molar-refractivity contribution in [1.29, 1.82) is 0 Å². The topological polar surface area (TPSA) is 41.6 Å². The Kier molecular flexibility index (Phi) is 7.85. The van der Waals surface area contributed by atoms with E-state index in [4.69, 9.17) is 4.74 Å². The molecule has 1 aliphatic rings. The van der Waals surface area contributed by atoms with Gasteiger partial charge in [0, 0.05) is 18.6 Å². The largest absolute Gasteiger partial charge is 0.444 e. The van der Waals surface area contributed by atoms with Crippen molar-refractivity contribution in [3.8, 4) is 0 Å². The molecule has 1 aliphatic heterocycles. The summed E-state index contributed by atoms with van der Waals surface area (Å²) in [5.41, 5.74) is -0.421. The molecule has 0 aromatic rings. The Morgan fingerprint density at radius 3 is 2.43 bits per heavy atom. The van der Waals surface area contributed by atoms with Crippen LogP contribution in [-0.4, -0.2) is 41.8 Å². The van der Waals surface area contributed by atoms with Gasteiger partial charge in [0.1, 0.15) is 5.60 Å². The van der Waals surface area contributed by atoms with Crippen LogP contribution in [0.25, 0.3) is 0 Å². The summed E-state index contributed by atoms with van der Waals surface area (Å²) < 4.78 is 5.59. The minimum absolute atomic E-state index is 0.148. The summed E-state index contributed by atoms with van der Waals surface area (Å²) in [6.45, 7) is 16.7. The van der Waals surface area contributed by atoms with Crippen molar-refractivity contribution < 1.29 is 9.53 Å². The normalized spacial score (nSPS) is 22.1. The number of nitrogens with one attached hydrogen (secondary N) is 1. The Morgan fingerprint density at radius 2 is 1.87 bits per heavy atom. The lowest BCUT2D eigenvalue weighted by molar-refractivity contribution is 0.00786. The van der Waals surface area contributed by atoms with E-state index in [0.29, 0.717) is 23.9 Å². The molecule has 1 heterocycles. The monoisotopic (exact) mass is 326 g/mol. The third-order valence-electron chi connectivity index (χ3n) is 4.81. The van der Waals surface area contributed by atoms with Gasteiger partial charge in [0.2, 0.25) is 0 Å². The van der Waals surface area contributed by atoms with Crippen molar-refractivity contribution in [3.05, 3.63) is 0 Å². The molecule has 1 saturated heterocycles. The summed E-state index contributed by atoms with van der Waals surface area (Å²) in [6, 6.07) is 0.722. The first-order valence-corrected chi connectivity index (χ1v) is 9.33. The van der Waals surface area contributed by atoms with Crippen LogP contribution < -0.4 is 5.32 Å². The van der Waals surface area contributed by atoms with Gasteiger partial charge in [0.25, 0.3) is 0 Å². The number of amides is 1. The summed E-state index contributed by atoms with van der Waals surface area (Å²) in [7, 11) is 0. The van der Waals surface area contributed by atoms with Gasteiger partial charge in [-0.3, -0.25) is 0 Å². The zero-order chi connectivity index (χ0) is 17.6. The van der Waals surface area contributed by atoms with Crippen LogP contribution in [0.3, 0.4) is 0 Å². The van der Waals surface area contributed by atoms with E-state index >= 15 is 0 Å². The molecule has 4 nitrogen and oxygen atoms in total. The van der Waals surface area contributed by atoms with Gasteiger partial charge in [0.05, 0.1) is 0 Å². The molecule has 0 saturated carbocycles. The average molecular weight is 327 g/mol. The number of nitrogens with zero attached hydrogens (tertiary/aromatic N) is 1. The smallest absolute Gasteiger partial charge is 0.410 e. The standard InChI is InChI=1S/C19H38N2O2/c1-14(2)15(3)13-20-16(4)12-17-10-8-9-11-21(17)18(22)23-19(5,6)7/h14-17,20H,8-13H2,1-7H3. The Morgan fingerprint density at radius 1 is 1.22 bits per heavy atom. The highest BCUT2D eigenvalue weighted by atomic mass is 16.6. The summed E-state index contributed by atoms with van der Waals surface area (Å²) >= 11 is 0. The maximum absolute atomic E-state index is 12.4. The highest BCUT2D eigenvalue weighted by Crippen LogP contribution is 2.23. The first-order valence-electron chi connectivity index (χ1n) is 9.33. The molecule has 136 valence electrons. The maximum Gasteiger partial charge on any atom is 0.410 e. The van der Waals surface area contributed by atoms with Gasteiger partial charge in [-0.1, -0.05) is 20.8 Å². The molecule has 1 N–H and O–H groups in total. The van der Waals surface area contributed by atoms with Gasteiger partial charge in [-0.15, -0.1) is 0 Å². The van der Waals surface area contributed by atoms with Gasteiger partial charge in [0.15, 0.2) is 0 Å². The quantitative estimate of drug-likeness (QED) is 0.785. The van der Waals surface area contributed by atoms with Crippen LogP contribution in [0.2, 0.25) is 0 Å². The summed E-state index contributed by atoms with van der Waals surface area (Å²) in [5, 5.41) is 3.64. The SMILES string of the molecule is CC(CC1CCCCN1C(=O)OC(C)(C)C)NCC(C)C(C)C. The van der Waals surface area contributed by atoms with E-state index in [-0.39, 0.29) is 6.09 Å². The van der Waals surface area contributed by atoms with Crippen LogP contribution >= 0.6 is 0 Å². The molecule has 0 aliphatic carbocycles. The molecular formula is C19H38N2O2. The molecule has 0 radical (unpaired) electrons. The molecule has 1 amide bonds. The number of hydrogen-bond acceptors (Lipinski definition) is 3. The van der Waals surface area contributed by atoms with Gasteiger partial charge in [-0.25, -0.2) is 4.79 Å². The fourth-order valence-electron chi connectivity index (χ4n) is 2.92. The predicted octanol–water partition coefficient (Wildman–Crippen LogP) is 4.44. The van der Waals surface area contributed by atoms with Gasteiger partial charge in [-0.2, -0.15) is 0 Å². The maximum atomic E-state index is 12.4. The Labute approximate surface area is 143 Å². The molecule has 4 heteroatoms. The van der Waals surface area contributed by atoms with Crippen molar-refractivity contribution in [1.82, 2.24) is 10.2 Å². The van der Waals surface area contributed by atoms with Crippen LogP contribution in [0, 0.1) is 11.8 Å². The third-order valence-corrected chi connectivity index (χ3v) is 4.81. The lowest BCUT2D eigenvalue weighted by Crippen LogP contribution is -2.48. The third kappa shape index (κ3) is 7.56. The van der Waals surface area contributed by atoms with Gasteiger partial charge >= 0.3 is 6.09 Å². The van der Waals surface area contributed by atoms with E-state index in [1.165, 1.54) is 6.42 Å². The second kappa shape index (κ2) is 8.91. The number of ether oxygens (including phenoxy) is 1. The van der Waals surface area contributed by atoms with Gasteiger partial charge in [-0.05, 0) is 71.8 Å². The number of carbonyl (C=O) groups excluding carboxylic acids is 1. The van der Waals surface area contributed by atoms with E-state index in [1.54, 1.807) is 0 Å². The summed E-state index contributed by atoms with van der Waals surface area (Å²) in [5.74, 6) is 1.37. The first kappa shape index (κ1) is 20.3. The minimum atomic E-state index is -0.421. The fraction of sp³-hybridized carbons (Fsp3) is 0.947. The molecule has 3 atom stereocenters. The van der Waals surface area contributed by atoms with Crippen molar-refractivity contribution in [2.45, 2.75) is 91.8 Å². The fourth-order valence-corrected chi connectivity index (χ4v) is 2.92. The molecular weight excluding hydrogens is 288 g/mol. The Bertz CT molecular complexity index is 363. The van der Waals surface area contributed by atoms with Crippen LogP contribution in [0.4, 0.5) is 4.79 Å². The molecule has 0 bridgehead atoms. The van der Waals surface area contributed by atoms with Gasteiger partial charge < -0.3 is 15.0 Å². The second-order valence-corrected chi connectivity index (χ2v) is 8.59. The molecule has 1 fully saturated rings. The molecule has 3 unspecified atom stereocenters. The number of carbonyl (C=O) groups is 1. The van der Waals surface area contributed by atoms with E-state index in [2.05, 4.69) is 33.0 Å². The Balaban J connectivity index is 2.52. The predicted molar refractivity (Wildman–Crippen MR) is 96.7 cm³/mol. The van der Waals surface area contributed by atoms with Crippen LogP contribution in [0.15, 0.2) is 0 Å². The van der Waals surface area contributed by atoms with E-state index in [1.807, 2.05) is 25.7 Å². The Hall–Kier alpha value is -0.770. The van der Waals surface area contributed by atoms with Crippen LogP contribution in [0.5, 0.6) is 0 Å². The van der Waals surface area contributed by atoms with Crippen molar-refractivity contribution in [3.63, 3.8) is 0 Å². The highest BCUT2D eigenvalue weighted by Gasteiger charge is 2.31. The average Bonchev–Trinajstić information content (AvgIpc) is 2.43. The van der Waals surface area contributed by atoms with Crippen LogP contribution in [0.1, 0.15) is 74.1 Å². The minimum Gasteiger partial charge on any atom is -0.444 e. The number of likely N-dealkylation sites (tertiary alicyclic amines) is 1. The second-order valence-electron chi connectivity index (χ2n) is 8.59. The van der Waals surface area contributed by atoms with Crippen molar-refractivity contribution in [2.24, 2.45) is 11.8 Å². The number of piperidine rings is 1. The molecule has 23 heavy (non-hydrogen) atoms. The highest BCUT2D eigenvalue weighted by molar-refractivity contribution is 5.68. The molecule has 0 spiro atoms. The molecule has 0 aromatic carbocycles. The first-order chi connectivity index (χ1) is 10.6. The van der Waals surface area contributed by atoms with E-state index in [0.717, 1.165) is 32.4 Å². The van der Waals surface area contributed by atoms with E-state index < -0.39 is 5.60 Å². The van der Waals surface area contributed by atoms with Crippen molar-refractivity contribution >= 4 is 6.09 Å². The molecule has 0 aromatic heterocycles. The number of hydrogen-bond donors (Lipinski definition) is 1. The van der Waals surface area contributed by atoms with Crippen LogP contribution in [-0.2, 0) is 4.74 Å². The lowest BCUT2D eigenvalue weighted by Gasteiger charge is -2.38. The summed E-state index contributed by atoms with van der Waals surface area (Å²) in [4.78, 5) is 14.4.